The molecule has 0 atom stereocenters. The zero-order valence-electron chi connectivity index (χ0n) is 13.8. The van der Waals surface area contributed by atoms with Gasteiger partial charge in [0.1, 0.15) is 6.33 Å². The maximum atomic E-state index is 12.3. The van der Waals surface area contributed by atoms with Gasteiger partial charge in [0.05, 0.1) is 12.3 Å². The molecular weight excluding hydrogens is 326 g/mol. The fourth-order valence-corrected chi connectivity index (χ4v) is 2.49. The van der Waals surface area contributed by atoms with Crippen molar-refractivity contribution in [2.24, 2.45) is 0 Å². The lowest BCUT2D eigenvalue weighted by Gasteiger charge is -2.34. The van der Waals surface area contributed by atoms with Crippen molar-refractivity contribution in [1.29, 1.82) is 0 Å². The topological polar surface area (TPSA) is 105 Å². The molecule has 3 rings (SSSR count). The van der Waals surface area contributed by atoms with Gasteiger partial charge in [0.15, 0.2) is 0 Å². The molecule has 0 spiro atoms. The van der Waals surface area contributed by atoms with Gasteiger partial charge in [-0.05, 0) is 41.6 Å². The number of ether oxygens (including phenoxy) is 1. The normalized spacial score (nSPS) is 14.3. The van der Waals surface area contributed by atoms with Crippen LogP contribution in [-0.4, -0.2) is 74.9 Å². The van der Waals surface area contributed by atoms with E-state index in [1.165, 1.54) is 11.0 Å². The van der Waals surface area contributed by atoms with Crippen LogP contribution in [0, 0.1) is 0 Å². The number of hydrogen-bond acceptors (Lipinski definition) is 6. The van der Waals surface area contributed by atoms with E-state index in [4.69, 9.17) is 4.74 Å². The number of amides is 3. The second kappa shape index (κ2) is 7.60. The van der Waals surface area contributed by atoms with Gasteiger partial charge in [0.25, 0.3) is 0 Å². The highest BCUT2D eigenvalue weighted by Gasteiger charge is 2.24. The highest BCUT2D eigenvalue weighted by molar-refractivity contribution is 5.89. The second-order valence-corrected chi connectivity index (χ2v) is 5.40. The average molecular weight is 345 g/mol. The predicted molar refractivity (Wildman–Crippen MR) is 88.3 cm³/mol. The highest BCUT2D eigenvalue weighted by Crippen LogP contribution is 2.13. The maximum absolute atomic E-state index is 12.3. The minimum absolute atomic E-state index is 0.196. The Balaban J connectivity index is 1.52. The molecule has 0 bridgehead atoms. The molecule has 0 radical (unpaired) electrons. The molecule has 3 amide bonds. The fraction of sp³-hybridized carbons (Fsp3) is 0.400. The molecule has 1 saturated heterocycles. The molecule has 1 aromatic heterocycles. The van der Waals surface area contributed by atoms with E-state index < -0.39 is 0 Å². The number of nitrogens with one attached hydrogen (secondary N) is 1. The largest absolute Gasteiger partial charge is 0.450 e. The van der Waals surface area contributed by atoms with E-state index in [0.717, 1.165) is 5.69 Å². The molecule has 1 aliphatic rings. The average Bonchev–Trinajstić information content (AvgIpc) is 3.17. The monoisotopic (exact) mass is 345 g/mol. The van der Waals surface area contributed by atoms with Crippen LogP contribution in [0.15, 0.2) is 30.6 Å². The molecule has 1 N–H and O–H groups in total. The van der Waals surface area contributed by atoms with Crippen LogP contribution in [0.1, 0.15) is 6.92 Å². The van der Waals surface area contributed by atoms with E-state index in [9.17, 15) is 9.59 Å². The summed E-state index contributed by atoms with van der Waals surface area (Å²) in [6, 6.07) is 6.99. The summed E-state index contributed by atoms with van der Waals surface area (Å²) < 4.78 is 6.49. The second-order valence-electron chi connectivity index (χ2n) is 5.40. The number of tetrazole rings is 1. The van der Waals surface area contributed by atoms with Gasteiger partial charge in [0, 0.05) is 31.9 Å². The van der Waals surface area contributed by atoms with Gasteiger partial charge in [-0.15, -0.1) is 5.10 Å². The van der Waals surface area contributed by atoms with Crippen LogP contribution in [0.5, 0.6) is 0 Å². The Morgan fingerprint density at radius 2 is 1.80 bits per heavy atom. The number of urea groups is 1. The summed E-state index contributed by atoms with van der Waals surface area (Å²) in [7, 11) is 0. The zero-order chi connectivity index (χ0) is 17.6. The van der Waals surface area contributed by atoms with Gasteiger partial charge in [-0.25, -0.2) is 14.3 Å². The predicted octanol–water partition coefficient (Wildman–Crippen LogP) is 0.968. The van der Waals surface area contributed by atoms with Crippen LogP contribution in [0.2, 0.25) is 0 Å². The number of piperazine rings is 1. The van der Waals surface area contributed by atoms with E-state index in [2.05, 4.69) is 20.8 Å². The summed E-state index contributed by atoms with van der Waals surface area (Å²) in [4.78, 5) is 27.3. The lowest BCUT2D eigenvalue weighted by Crippen LogP contribution is -2.51. The minimum Gasteiger partial charge on any atom is -0.450 e. The Bertz CT molecular complexity index is 709. The Kier molecular flexibility index (Phi) is 5.07. The first-order chi connectivity index (χ1) is 12.2. The molecule has 1 aromatic carbocycles. The van der Waals surface area contributed by atoms with Gasteiger partial charge in [0.2, 0.25) is 0 Å². The smallest absolute Gasteiger partial charge is 0.409 e. The fourth-order valence-electron chi connectivity index (χ4n) is 2.49. The van der Waals surface area contributed by atoms with Crippen molar-refractivity contribution in [3.63, 3.8) is 0 Å². The standard InChI is InChI=1S/C15H19N7O3/c1-2-25-15(24)21-9-7-20(8-10-21)14(23)17-12-3-5-13(6-4-12)22-11-16-18-19-22/h3-6,11H,2,7-10H2,1H3,(H,17,23). The van der Waals surface area contributed by atoms with Gasteiger partial charge in [-0.2, -0.15) is 0 Å². The highest BCUT2D eigenvalue weighted by atomic mass is 16.6. The van der Waals surface area contributed by atoms with E-state index in [1.807, 2.05) is 12.1 Å². The summed E-state index contributed by atoms with van der Waals surface area (Å²) in [6.07, 6.45) is 1.16. The summed E-state index contributed by atoms with van der Waals surface area (Å²) in [5, 5.41) is 13.8. The Labute approximate surface area is 144 Å². The molecule has 10 heteroatoms. The van der Waals surface area contributed by atoms with Gasteiger partial charge >= 0.3 is 12.1 Å². The quantitative estimate of drug-likeness (QED) is 0.888. The molecule has 1 aliphatic heterocycles. The summed E-state index contributed by atoms with van der Waals surface area (Å²) in [5.74, 6) is 0. The molecule has 0 unspecified atom stereocenters. The van der Waals surface area contributed by atoms with Crippen molar-refractivity contribution in [2.45, 2.75) is 6.92 Å². The number of nitrogens with zero attached hydrogens (tertiary/aromatic N) is 6. The maximum Gasteiger partial charge on any atom is 0.409 e. The molecular formula is C15H19N7O3. The third kappa shape index (κ3) is 4.03. The molecule has 2 aromatic rings. The lowest BCUT2D eigenvalue weighted by atomic mass is 10.3. The minimum atomic E-state index is -0.333. The van der Waals surface area contributed by atoms with Gasteiger partial charge in [-0.1, -0.05) is 0 Å². The van der Waals surface area contributed by atoms with Crippen molar-refractivity contribution < 1.29 is 14.3 Å². The Morgan fingerprint density at radius 1 is 1.12 bits per heavy atom. The summed E-state index contributed by atoms with van der Waals surface area (Å²) in [6.45, 7) is 3.97. The zero-order valence-corrected chi connectivity index (χ0v) is 13.8. The molecule has 0 aliphatic carbocycles. The van der Waals surface area contributed by atoms with Crippen molar-refractivity contribution in [3.8, 4) is 5.69 Å². The third-order valence-electron chi connectivity index (χ3n) is 3.83. The van der Waals surface area contributed by atoms with E-state index >= 15 is 0 Å². The first-order valence-corrected chi connectivity index (χ1v) is 7.98. The number of anilines is 1. The number of benzene rings is 1. The van der Waals surface area contributed by atoms with Gasteiger partial charge in [-0.3, -0.25) is 0 Å². The number of rotatable bonds is 3. The van der Waals surface area contributed by atoms with Crippen LogP contribution in [0.3, 0.4) is 0 Å². The van der Waals surface area contributed by atoms with E-state index in [0.29, 0.717) is 38.5 Å². The van der Waals surface area contributed by atoms with Crippen LogP contribution in [0.25, 0.3) is 5.69 Å². The van der Waals surface area contributed by atoms with Crippen molar-refractivity contribution in [3.05, 3.63) is 30.6 Å². The van der Waals surface area contributed by atoms with Crippen molar-refractivity contribution in [2.75, 3.05) is 38.1 Å². The van der Waals surface area contributed by atoms with E-state index in [-0.39, 0.29) is 12.1 Å². The van der Waals surface area contributed by atoms with E-state index in [1.54, 1.807) is 28.9 Å². The van der Waals surface area contributed by atoms with Crippen LogP contribution >= 0.6 is 0 Å². The van der Waals surface area contributed by atoms with Crippen molar-refractivity contribution in [1.82, 2.24) is 30.0 Å². The third-order valence-corrected chi connectivity index (χ3v) is 3.83. The number of hydrogen-bond donors (Lipinski definition) is 1. The molecule has 10 nitrogen and oxygen atoms in total. The SMILES string of the molecule is CCOC(=O)N1CCN(C(=O)Nc2ccc(-n3cnnn3)cc2)CC1. The van der Waals surface area contributed by atoms with Crippen LogP contribution < -0.4 is 5.32 Å². The van der Waals surface area contributed by atoms with Gasteiger partial charge < -0.3 is 19.9 Å². The number of carbonyl (C=O) groups is 2. The molecule has 2 heterocycles. The summed E-state index contributed by atoms with van der Waals surface area (Å²) >= 11 is 0. The Hall–Kier alpha value is -3.17. The lowest BCUT2D eigenvalue weighted by molar-refractivity contribution is 0.0868. The first kappa shape index (κ1) is 16.7. The molecule has 1 fully saturated rings. The van der Waals surface area contributed by atoms with Crippen molar-refractivity contribution >= 4 is 17.8 Å². The van der Waals surface area contributed by atoms with Crippen LogP contribution in [0.4, 0.5) is 15.3 Å². The number of carbonyl (C=O) groups excluding carboxylic acids is 2. The first-order valence-electron chi connectivity index (χ1n) is 7.98. The Morgan fingerprint density at radius 3 is 2.40 bits per heavy atom. The number of aromatic nitrogens is 4. The molecule has 0 saturated carbocycles. The molecule has 25 heavy (non-hydrogen) atoms. The summed E-state index contributed by atoms with van der Waals surface area (Å²) in [5.41, 5.74) is 1.47. The van der Waals surface area contributed by atoms with Crippen LogP contribution in [-0.2, 0) is 4.74 Å². The molecule has 132 valence electrons.